The molecule has 1 heterocycles. The van der Waals surface area contributed by atoms with Crippen LogP contribution in [0.5, 0.6) is 0 Å². The van der Waals surface area contributed by atoms with E-state index < -0.39 is 10.0 Å². The molecular formula is C14H17ClN2O2S. The Morgan fingerprint density at radius 3 is 2.35 bits per heavy atom. The number of halogens is 1. The smallest absolute Gasteiger partial charge is 0.265 e. The lowest BCUT2D eigenvalue weighted by Gasteiger charge is -2.18. The van der Waals surface area contributed by atoms with Gasteiger partial charge in [0.1, 0.15) is 4.90 Å². The maximum atomic E-state index is 12.6. The van der Waals surface area contributed by atoms with Crippen molar-refractivity contribution in [2.24, 2.45) is 7.05 Å². The second kappa shape index (κ2) is 5.50. The molecular weight excluding hydrogens is 296 g/mol. The monoisotopic (exact) mass is 312 g/mol. The number of benzene rings is 1. The zero-order chi connectivity index (χ0) is 14.9. The number of aryl methyl sites for hydroxylation is 2. The van der Waals surface area contributed by atoms with Gasteiger partial charge in [0.25, 0.3) is 10.0 Å². The number of aromatic nitrogens is 1. The van der Waals surface area contributed by atoms with Crippen LogP contribution in [0, 0.1) is 6.92 Å². The van der Waals surface area contributed by atoms with Gasteiger partial charge in [-0.1, -0.05) is 17.7 Å². The average Bonchev–Trinajstić information content (AvgIpc) is 2.80. The molecule has 2 aromatic rings. The predicted molar refractivity (Wildman–Crippen MR) is 81.7 cm³/mol. The number of hydrogen-bond acceptors (Lipinski definition) is 2. The van der Waals surface area contributed by atoms with Crippen LogP contribution in [0.15, 0.2) is 41.4 Å². The molecule has 0 bridgehead atoms. The molecule has 0 amide bonds. The number of alkyl halides is 1. The quantitative estimate of drug-likeness (QED) is 0.815. The minimum Gasteiger partial charge on any atom is -0.352 e. The van der Waals surface area contributed by atoms with Gasteiger partial charge in [-0.15, -0.1) is 11.6 Å². The van der Waals surface area contributed by atoms with Gasteiger partial charge in [0.15, 0.2) is 0 Å². The van der Waals surface area contributed by atoms with Crippen molar-refractivity contribution in [3.8, 4) is 0 Å². The van der Waals surface area contributed by atoms with Crippen molar-refractivity contribution in [1.29, 1.82) is 0 Å². The molecule has 1 aromatic carbocycles. The normalized spacial score (nSPS) is 11.6. The lowest BCUT2D eigenvalue weighted by Crippen LogP contribution is -2.26. The zero-order valence-corrected chi connectivity index (χ0v) is 13.2. The van der Waals surface area contributed by atoms with Crippen LogP contribution in [0.2, 0.25) is 0 Å². The molecule has 0 spiro atoms. The van der Waals surface area contributed by atoms with Gasteiger partial charge in [-0.05, 0) is 25.1 Å². The minimum absolute atomic E-state index is 0.249. The maximum absolute atomic E-state index is 12.6. The second-order valence-corrected chi connectivity index (χ2v) is 6.96. The van der Waals surface area contributed by atoms with Crippen LogP contribution < -0.4 is 4.31 Å². The number of anilines is 1. The zero-order valence-electron chi connectivity index (χ0n) is 11.7. The molecule has 0 atom stereocenters. The highest BCUT2D eigenvalue weighted by atomic mass is 35.5. The lowest BCUT2D eigenvalue weighted by atomic mass is 10.2. The number of sulfonamides is 1. The van der Waals surface area contributed by atoms with E-state index in [2.05, 4.69) is 0 Å². The Balaban J connectivity index is 2.40. The third kappa shape index (κ3) is 2.69. The first-order valence-electron chi connectivity index (χ1n) is 6.13. The van der Waals surface area contributed by atoms with E-state index in [1.54, 1.807) is 43.1 Å². The number of rotatable bonds is 4. The van der Waals surface area contributed by atoms with E-state index >= 15 is 0 Å². The summed E-state index contributed by atoms with van der Waals surface area (Å²) in [7, 11) is -0.233. The Morgan fingerprint density at radius 1 is 1.25 bits per heavy atom. The van der Waals surface area contributed by atoms with Gasteiger partial charge < -0.3 is 4.57 Å². The molecule has 0 unspecified atom stereocenters. The highest BCUT2D eigenvalue weighted by Gasteiger charge is 2.23. The summed E-state index contributed by atoms with van der Waals surface area (Å²) in [6.07, 6.45) is 1.58. The Kier molecular flexibility index (Phi) is 4.11. The molecule has 0 saturated heterocycles. The van der Waals surface area contributed by atoms with E-state index in [4.69, 9.17) is 11.6 Å². The highest BCUT2D eigenvalue weighted by molar-refractivity contribution is 7.92. The second-order valence-electron chi connectivity index (χ2n) is 4.72. The summed E-state index contributed by atoms with van der Waals surface area (Å²) < 4.78 is 28.1. The van der Waals surface area contributed by atoms with E-state index in [1.165, 1.54) is 4.31 Å². The van der Waals surface area contributed by atoms with E-state index in [9.17, 15) is 8.42 Å². The fourth-order valence-corrected chi connectivity index (χ4v) is 3.46. The SMILES string of the molecule is Cc1ccc(N(C)S(=O)(=O)c2cc(CCl)n(C)c2)cc1. The van der Waals surface area contributed by atoms with Gasteiger partial charge in [0, 0.05) is 26.0 Å². The molecule has 0 N–H and O–H groups in total. The molecule has 0 saturated carbocycles. The first-order valence-corrected chi connectivity index (χ1v) is 8.10. The van der Waals surface area contributed by atoms with Crippen LogP contribution in [-0.4, -0.2) is 20.0 Å². The third-order valence-corrected chi connectivity index (χ3v) is 5.30. The van der Waals surface area contributed by atoms with Crippen molar-refractivity contribution in [2.45, 2.75) is 17.7 Å². The van der Waals surface area contributed by atoms with E-state index in [0.29, 0.717) is 5.69 Å². The molecule has 20 heavy (non-hydrogen) atoms. The molecule has 0 radical (unpaired) electrons. The fourth-order valence-electron chi connectivity index (χ4n) is 1.90. The molecule has 0 aliphatic rings. The van der Waals surface area contributed by atoms with Gasteiger partial charge in [-0.3, -0.25) is 4.31 Å². The molecule has 6 heteroatoms. The Morgan fingerprint density at radius 2 is 1.85 bits per heavy atom. The van der Waals surface area contributed by atoms with Crippen molar-refractivity contribution in [3.63, 3.8) is 0 Å². The van der Waals surface area contributed by atoms with Gasteiger partial charge in [-0.2, -0.15) is 0 Å². The average molecular weight is 313 g/mol. The lowest BCUT2D eigenvalue weighted by molar-refractivity contribution is 0.594. The van der Waals surface area contributed by atoms with Gasteiger partial charge in [-0.25, -0.2) is 8.42 Å². The summed E-state index contributed by atoms with van der Waals surface area (Å²) in [5.41, 5.74) is 2.48. The fraction of sp³-hybridized carbons (Fsp3) is 0.286. The van der Waals surface area contributed by atoms with Gasteiger partial charge in [0.05, 0.1) is 11.6 Å². The predicted octanol–water partition coefficient (Wildman–Crippen LogP) is 2.90. The Labute approximate surface area is 124 Å². The first kappa shape index (κ1) is 14.9. The summed E-state index contributed by atoms with van der Waals surface area (Å²) in [4.78, 5) is 0.249. The minimum atomic E-state index is -3.56. The largest absolute Gasteiger partial charge is 0.352 e. The molecule has 108 valence electrons. The van der Waals surface area contributed by atoms with Crippen LogP contribution in [0.3, 0.4) is 0 Å². The molecule has 1 aromatic heterocycles. The summed E-state index contributed by atoms with van der Waals surface area (Å²) in [5.74, 6) is 0.278. The summed E-state index contributed by atoms with van der Waals surface area (Å²) >= 11 is 5.78. The molecule has 2 rings (SSSR count). The van der Waals surface area contributed by atoms with Crippen LogP contribution in [0.4, 0.5) is 5.69 Å². The highest BCUT2D eigenvalue weighted by Crippen LogP contribution is 2.24. The molecule has 0 aliphatic heterocycles. The van der Waals surface area contributed by atoms with Crippen molar-refractivity contribution in [1.82, 2.24) is 4.57 Å². The number of hydrogen-bond donors (Lipinski definition) is 0. The van der Waals surface area contributed by atoms with Crippen LogP contribution in [-0.2, 0) is 23.0 Å². The first-order chi connectivity index (χ1) is 9.36. The summed E-state index contributed by atoms with van der Waals surface area (Å²) in [6.45, 7) is 1.96. The third-order valence-electron chi connectivity index (χ3n) is 3.28. The Bertz CT molecular complexity index is 705. The van der Waals surface area contributed by atoms with Crippen LogP contribution >= 0.6 is 11.6 Å². The van der Waals surface area contributed by atoms with Gasteiger partial charge in [0.2, 0.25) is 0 Å². The summed E-state index contributed by atoms with van der Waals surface area (Å²) in [5, 5.41) is 0. The van der Waals surface area contributed by atoms with Crippen LogP contribution in [0.25, 0.3) is 0 Å². The molecule has 0 aliphatic carbocycles. The van der Waals surface area contributed by atoms with Gasteiger partial charge >= 0.3 is 0 Å². The Hall–Kier alpha value is -1.46. The van der Waals surface area contributed by atoms with Crippen molar-refractivity contribution < 1.29 is 8.42 Å². The van der Waals surface area contributed by atoms with Crippen LogP contribution in [0.1, 0.15) is 11.3 Å². The van der Waals surface area contributed by atoms with E-state index in [-0.39, 0.29) is 10.8 Å². The molecule has 4 nitrogen and oxygen atoms in total. The topological polar surface area (TPSA) is 42.3 Å². The summed E-state index contributed by atoms with van der Waals surface area (Å²) in [6, 6.07) is 8.96. The maximum Gasteiger partial charge on any atom is 0.265 e. The van der Waals surface area contributed by atoms with E-state index in [0.717, 1.165) is 11.3 Å². The van der Waals surface area contributed by atoms with E-state index in [1.807, 2.05) is 19.1 Å². The van der Waals surface area contributed by atoms with Crippen molar-refractivity contribution in [2.75, 3.05) is 11.4 Å². The molecule has 0 fully saturated rings. The standard InChI is InChI=1S/C14H17ClN2O2S/c1-11-4-6-12(7-5-11)17(3)20(18,19)14-8-13(9-15)16(2)10-14/h4-8,10H,9H2,1-3H3. The van der Waals surface area contributed by atoms with Crippen molar-refractivity contribution >= 4 is 27.3 Å². The number of nitrogens with zero attached hydrogens (tertiary/aromatic N) is 2. The van der Waals surface area contributed by atoms with Crippen molar-refractivity contribution in [3.05, 3.63) is 47.8 Å².